The molecule has 0 saturated carbocycles. The van der Waals surface area contributed by atoms with Gasteiger partial charge in [0.15, 0.2) is 0 Å². The van der Waals surface area contributed by atoms with Crippen LogP contribution in [0.1, 0.15) is 10.5 Å². The van der Waals surface area contributed by atoms with Crippen molar-refractivity contribution in [2.75, 3.05) is 6.54 Å². The lowest BCUT2D eigenvalue weighted by atomic mass is 10.1. The largest absolute Gasteiger partial charge is 0.349 e. The van der Waals surface area contributed by atoms with Gasteiger partial charge in [0.05, 0.1) is 12.2 Å². The third-order valence-corrected chi connectivity index (χ3v) is 2.69. The summed E-state index contributed by atoms with van der Waals surface area (Å²) in [6, 6.07) is 11.7. The average molecular weight is 213 g/mol. The molecular formula is C12H11N3O. The summed E-state index contributed by atoms with van der Waals surface area (Å²) in [7, 11) is 0. The highest BCUT2D eigenvalue weighted by molar-refractivity contribution is 5.94. The number of benzene rings is 1. The van der Waals surface area contributed by atoms with Gasteiger partial charge < -0.3 is 5.32 Å². The molecule has 0 bridgehead atoms. The van der Waals surface area contributed by atoms with E-state index < -0.39 is 0 Å². The molecule has 16 heavy (non-hydrogen) atoms. The number of carbonyl (C=O) groups excluding carboxylic acids is 1. The first-order valence-electron chi connectivity index (χ1n) is 5.26. The van der Waals surface area contributed by atoms with E-state index in [2.05, 4.69) is 10.4 Å². The second-order valence-corrected chi connectivity index (χ2v) is 3.76. The van der Waals surface area contributed by atoms with Crippen molar-refractivity contribution >= 4 is 5.91 Å². The van der Waals surface area contributed by atoms with Crippen molar-refractivity contribution in [3.05, 3.63) is 42.1 Å². The van der Waals surface area contributed by atoms with Gasteiger partial charge in [-0.25, -0.2) is 0 Å². The van der Waals surface area contributed by atoms with Gasteiger partial charge in [0.25, 0.3) is 5.91 Å². The van der Waals surface area contributed by atoms with Crippen LogP contribution in [0.3, 0.4) is 0 Å². The molecule has 0 atom stereocenters. The number of nitrogens with one attached hydrogen (secondary N) is 1. The Bertz CT molecular complexity index is 530. The molecule has 1 aromatic heterocycles. The fourth-order valence-electron chi connectivity index (χ4n) is 1.89. The van der Waals surface area contributed by atoms with E-state index in [0.29, 0.717) is 12.2 Å². The molecule has 3 rings (SSSR count). The minimum absolute atomic E-state index is 0.0408. The zero-order valence-corrected chi connectivity index (χ0v) is 8.68. The van der Waals surface area contributed by atoms with Crippen LogP contribution in [0.15, 0.2) is 36.4 Å². The van der Waals surface area contributed by atoms with Crippen LogP contribution in [0.5, 0.6) is 0 Å². The Balaban J connectivity index is 2.08. The predicted octanol–water partition coefficient (Wildman–Crippen LogP) is 1.29. The van der Waals surface area contributed by atoms with Crippen molar-refractivity contribution < 1.29 is 4.79 Å². The number of nitrogens with zero attached hydrogens (tertiary/aromatic N) is 2. The first kappa shape index (κ1) is 9.15. The van der Waals surface area contributed by atoms with Gasteiger partial charge in [-0.2, -0.15) is 5.10 Å². The molecule has 0 fully saturated rings. The van der Waals surface area contributed by atoms with Crippen molar-refractivity contribution in [1.82, 2.24) is 15.1 Å². The molecule has 1 aliphatic heterocycles. The van der Waals surface area contributed by atoms with Crippen LogP contribution < -0.4 is 5.32 Å². The molecule has 1 N–H and O–H groups in total. The molecule has 0 unspecified atom stereocenters. The van der Waals surface area contributed by atoms with Gasteiger partial charge in [0, 0.05) is 12.1 Å². The molecule has 1 aliphatic rings. The van der Waals surface area contributed by atoms with E-state index in [1.807, 2.05) is 36.4 Å². The lowest BCUT2D eigenvalue weighted by Crippen LogP contribution is -2.35. The topological polar surface area (TPSA) is 46.9 Å². The molecule has 0 saturated heterocycles. The Kier molecular flexibility index (Phi) is 1.99. The number of hydrogen-bond acceptors (Lipinski definition) is 2. The lowest BCUT2D eigenvalue weighted by Gasteiger charge is -2.13. The van der Waals surface area contributed by atoms with E-state index >= 15 is 0 Å². The monoisotopic (exact) mass is 213 g/mol. The predicted molar refractivity (Wildman–Crippen MR) is 60.0 cm³/mol. The maximum Gasteiger partial charge on any atom is 0.269 e. The molecule has 80 valence electrons. The molecular weight excluding hydrogens is 202 g/mol. The minimum Gasteiger partial charge on any atom is -0.349 e. The molecule has 0 radical (unpaired) electrons. The molecule has 4 nitrogen and oxygen atoms in total. The van der Waals surface area contributed by atoms with Crippen LogP contribution >= 0.6 is 0 Å². The number of amides is 1. The summed E-state index contributed by atoms with van der Waals surface area (Å²) in [6.45, 7) is 1.40. The zero-order chi connectivity index (χ0) is 11.0. The van der Waals surface area contributed by atoms with E-state index in [1.165, 1.54) is 0 Å². The Labute approximate surface area is 92.9 Å². The number of carbonyl (C=O) groups is 1. The molecule has 4 heteroatoms. The standard InChI is InChI=1S/C12H11N3O/c16-12-11-8-10(9-4-2-1-3-5-9)14-15(11)7-6-13-12/h1-5,8H,6-7H2,(H,13,16). The van der Waals surface area contributed by atoms with Crippen molar-refractivity contribution in [3.8, 4) is 11.3 Å². The van der Waals surface area contributed by atoms with Crippen LogP contribution in [-0.2, 0) is 6.54 Å². The van der Waals surface area contributed by atoms with Gasteiger partial charge in [-0.1, -0.05) is 30.3 Å². The molecule has 2 heterocycles. The summed E-state index contributed by atoms with van der Waals surface area (Å²) < 4.78 is 1.77. The highest BCUT2D eigenvalue weighted by Gasteiger charge is 2.19. The zero-order valence-electron chi connectivity index (χ0n) is 8.68. The lowest BCUT2D eigenvalue weighted by molar-refractivity contribution is 0.0924. The Morgan fingerprint density at radius 3 is 2.81 bits per heavy atom. The van der Waals surface area contributed by atoms with Gasteiger partial charge in [-0.15, -0.1) is 0 Å². The van der Waals surface area contributed by atoms with Gasteiger partial charge >= 0.3 is 0 Å². The van der Waals surface area contributed by atoms with Crippen molar-refractivity contribution in [2.24, 2.45) is 0 Å². The minimum atomic E-state index is -0.0408. The van der Waals surface area contributed by atoms with Crippen molar-refractivity contribution in [1.29, 1.82) is 0 Å². The highest BCUT2D eigenvalue weighted by atomic mass is 16.2. The Morgan fingerprint density at radius 2 is 2.06 bits per heavy atom. The Hall–Kier alpha value is -2.10. The second-order valence-electron chi connectivity index (χ2n) is 3.76. The summed E-state index contributed by atoms with van der Waals surface area (Å²) in [6.07, 6.45) is 0. The fraction of sp³-hybridized carbons (Fsp3) is 0.167. The first-order valence-corrected chi connectivity index (χ1v) is 5.26. The van der Waals surface area contributed by atoms with Crippen LogP contribution in [0.4, 0.5) is 0 Å². The first-order chi connectivity index (χ1) is 7.84. The van der Waals surface area contributed by atoms with Crippen LogP contribution in [0, 0.1) is 0 Å². The average Bonchev–Trinajstić information content (AvgIpc) is 2.76. The molecule has 1 aromatic carbocycles. The van der Waals surface area contributed by atoms with Gasteiger partial charge in [0.1, 0.15) is 5.69 Å². The number of hydrogen-bond donors (Lipinski definition) is 1. The summed E-state index contributed by atoms with van der Waals surface area (Å²) >= 11 is 0. The summed E-state index contributed by atoms with van der Waals surface area (Å²) in [4.78, 5) is 11.6. The number of fused-ring (bicyclic) bond motifs is 1. The third-order valence-electron chi connectivity index (χ3n) is 2.69. The van der Waals surface area contributed by atoms with Gasteiger partial charge in [-0.05, 0) is 6.07 Å². The Morgan fingerprint density at radius 1 is 1.25 bits per heavy atom. The number of aromatic nitrogens is 2. The number of rotatable bonds is 1. The van der Waals surface area contributed by atoms with E-state index in [4.69, 9.17) is 0 Å². The van der Waals surface area contributed by atoms with E-state index in [9.17, 15) is 4.79 Å². The molecule has 0 aliphatic carbocycles. The third kappa shape index (κ3) is 1.39. The summed E-state index contributed by atoms with van der Waals surface area (Å²) in [5.41, 5.74) is 2.54. The maximum atomic E-state index is 11.6. The summed E-state index contributed by atoms with van der Waals surface area (Å²) in [5, 5.41) is 7.23. The summed E-state index contributed by atoms with van der Waals surface area (Å²) in [5.74, 6) is -0.0408. The molecule has 2 aromatic rings. The van der Waals surface area contributed by atoms with Crippen LogP contribution in [-0.4, -0.2) is 22.2 Å². The smallest absolute Gasteiger partial charge is 0.269 e. The van der Waals surface area contributed by atoms with Crippen LogP contribution in [0.2, 0.25) is 0 Å². The van der Waals surface area contributed by atoms with Gasteiger partial charge in [-0.3, -0.25) is 9.48 Å². The maximum absolute atomic E-state index is 11.6. The quantitative estimate of drug-likeness (QED) is 0.776. The molecule has 0 spiro atoms. The van der Waals surface area contributed by atoms with Crippen LogP contribution in [0.25, 0.3) is 11.3 Å². The van der Waals surface area contributed by atoms with Crippen molar-refractivity contribution in [3.63, 3.8) is 0 Å². The van der Waals surface area contributed by atoms with E-state index in [0.717, 1.165) is 17.8 Å². The second kappa shape index (κ2) is 3.48. The van der Waals surface area contributed by atoms with E-state index in [-0.39, 0.29) is 5.91 Å². The van der Waals surface area contributed by atoms with E-state index in [1.54, 1.807) is 4.68 Å². The highest BCUT2D eigenvalue weighted by Crippen LogP contribution is 2.19. The van der Waals surface area contributed by atoms with Crippen molar-refractivity contribution in [2.45, 2.75) is 6.54 Å². The SMILES string of the molecule is O=C1NCCn2nc(-c3ccccc3)cc21. The molecule has 1 amide bonds. The normalized spacial score (nSPS) is 14.4. The fourth-order valence-corrected chi connectivity index (χ4v) is 1.89. The van der Waals surface area contributed by atoms with Gasteiger partial charge in [0.2, 0.25) is 0 Å².